The summed E-state index contributed by atoms with van der Waals surface area (Å²) < 4.78 is 7.22. The number of aryl methyl sites for hydroxylation is 1. The molecule has 0 N–H and O–H groups in total. The molecule has 0 aromatic carbocycles. The average Bonchev–Trinajstić information content (AvgIpc) is 2.94. The first-order valence-electron chi connectivity index (χ1n) is 7.85. The van der Waals surface area contributed by atoms with E-state index in [2.05, 4.69) is 14.9 Å². The van der Waals surface area contributed by atoms with Crippen molar-refractivity contribution in [3.63, 3.8) is 0 Å². The van der Waals surface area contributed by atoms with E-state index in [9.17, 15) is 4.79 Å². The zero-order valence-electron chi connectivity index (χ0n) is 12.9. The summed E-state index contributed by atoms with van der Waals surface area (Å²) in [5.74, 6) is 2.25. The van der Waals surface area contributed by atoms with Gasteiger partial charge in [-0.25, -0.2) is 9.97 Å². The maximum Gasteiger partial charge on any atom is 0.253 e. The third kappa shape index (κ3) is 3.82. The smallest absolute Gasteiger partial charge is 0.253 e. The number of likely N-dealkylation sites (tertiary alicyclic amines) is 1. The van der Waals surface area contributed by atoms with Crippen molar-refractivity contribution in [2.24, 2.45) is 5.92 Å². The van der Waals surface area contributed by atoms with E-state index in [1.807, 2.05) is 13.1 Å². The number of oxazole rings is 1. The molecule has 22 heavy (non-hydrogen) atoms. The number of aromatic nitrogens is 3. The summed E-state index contributed by atoms with van der Waals surface area (Å²) in [5, 5.41) is 0. The Bertz CT molecular complexity index is 656. The van der Waals surface area contributed by atoms with Gasteiger partial charge in [0.15, 0.2) is 5.89 Å². The van der Waals surface area contributed by atoms with Crippen LogP contribution in [0.5, 0.6) is 0 Å². The molecule has 2 aromatic heterocycles. The van der Waals surface area contributed by atoms with Crippen molar-refractivity contribution >= 4 is 0 Å². The Balaban J connectivity index is 1.44. The molecule has 0 aliphatic carbocycles. The summed E-state index contributed by atoms with van der Waals surface area (Å²) in [6.45, 7) is 5.81. The molecule has 118 valence electrons. The van der Waals surface area contributed by atoms with E-state index in [0.29, 0.717) is 5.92 Å². The van der Waals surface area contributed by atoms with Crippen LogP contribution in [0.1, 0.15) is 24.5 Å². The molecule has 1 saturated heterocycles. The molecular weight excluding hydrogens is 280 g/mol. The Hall–Kier alpha value is -1.95. The van der Waals surface area contributed by atoms with Gasteiger partial charge in [0, 0.05) is 38.7 Å². The summed E-state index contributed by atoms with van der Waals surface area (Å²) in [7, 11) is 0. The van der Waals surface area contributed by atoms with E-state index >= 15 is 0 Å². The first-order valence-corrected chi connectivity index (χ1v) is 7.85. The third-order valence-corrected chi connectivity index (χ3v) is 4.30. The van der Waals surface area contributed by atoms with Crippen molar-refractivity contribution in [1.29, 1.82) is 0 Å². The van der Waals surface area contributed by atoms with E-state index in [1.165, 1.54) is 6.07 Å². The van der Waals surface area contributed by atoms with Gasteiger partial charge >= 0.3 is 0 Å². The van der Waals surface area contributed by atoms with Crippen molar-refractivity contribution < 1.29 is 4.42 Å². The SMILES string of the molecule is Cc1ncc(CCN2CCC(Cn3cnccc3=O)CC2)o1. The summed E-state index contributed by atoms with van der Waals surface area (Å²) in [5.41, 5.74) is 0.0399. The van der Waals surface area contributed by atoms with Gasteiger partial charge in [-0.15, -0.1) is 0 Å². The van der Waals surface area contributed by atoms with Gasteiger partial charge in [-0.3, -0.25) is 9.36 Å². The summed E-state index contributed by atoms with van der Waals surface area (Å²) in [4.78, 5) is 22.3. The molecule has 6 nitrogen and oxygen atoms in total. The average molecular weight is 302 g/mol. The second-order valence-electron chi connectivity index (χ2n) is 5.95. The lowest BCUT2D eigenvalue weighted by molar-refractivity contribution is 0.172. The van der Waals surface area contributed by atoms with E-state index in [1.54, 1.807) is 17.1 Å². The summed E-state index contributed by atoms with van der Waals surface area (Å²) in [6.07, 6.45) is 8.16. The second kappa shape index (κ2) is 6.87. The predicted molar refractivity (Wildman–Crippen MR) is 82.6 cm³/mol. The lowest BCUT2D eigenvalue weighted by atomic mass is 9.96. The number of rotatable bonds is 5. The standard InChI is InChI=1S/C16H22N4O2/c1-13-18-10-15(22-13)5-9-19-7-3-14(4-8-19)11-20-12-17-6-2-16(20)21/h2,6,10,12,14H,3-5,7-9,11H2,1H3. The Morgan fingerprint density at radius 3 is 2.86 bits per heavy atom. The molecular formula is C16H22N4O2. The third-order valence-electron chi connectivity index (χ3n) is 4.30. The van der Waals surface area contributed by atoms with E-state index in [0.717, 1.165) is 57.1 Å². The zero-order chi connectivity index (χ0) is 15.4. The molecule has 0 unspecified atom stereocenters. The van der Waals surface area contributed by atoms with Gasteiger partial charge in [-0.2, -0.15) is 0 Å². The van der Waals surface area contributed by atoms with E-state index in [4.69, 9.17) is 4.42 Å². The molecule has 0 saturated carbocycles. The fraction of sp³-hybridized carbons (Fsp3) is 0.562. The van der Waals surface area contributed by atoms with Crippen molar-refractivity contribution in [3.05, 3.63) is 46.8 Å². The number of hydrogen-bond acceptors (Lipinski definition) is 5. The number of piperidine rings is 1. The van der Waals surface area contributed by atoms with E-state index < -0.39 is 0 Å². The van der Waals surface area contributed by atoms with Gasteiger partial charge in [-0.05, 0) is 31.8 Å². The van der Waals surface area contributed by atoms with Crippen molar-refractivity contribution in [2.75, 3.05) is 19.6 Å². The molecule has 0 atom stereocenters. The van der Waals surface area contributed by atoms with Gasteiger partial charge < -0.3 is 9.32 Å². The Kier molecular flexibility index (Phi) is 4.68. The highest BCUT2D eigenvalue weighted by Gasteiger charge is 2.20. The highest BCUT2D eigenvalue weighted by atomic mass is 16.4. The van der Waals surface area contributed by atoms with Crippen LogP contribution in [0.4, 0.5) is 0 Å². The molecule has 3 rings (SSSR count). The first kappa shape index (κ1) is 15.0. The zero-order valence-corrected chi connectivity index (χ0v) is 12.9. The lowest BCUT2D eigenvalue weighted by Gasteiger charge is -2.31. The molecule has 1 fully saturated rings. The van der Waals surface area contributed by atoms with Crippen LogP contribution < -0.4 is 5.56 Å². The van der Waals surface area contributed by atoms with Crippen LogP contribution in [-0.2, 0) is 13.0 Å². The fourth-order valence-corrected chi connectivity index (χ4v) is 2.98. The molecule has 0 radical (unpaired) electrons. The predicted octanol–water partition coefficient (Wildman–Crippen LogP) is 1.49. The minimum absolute atomic E-state index is 0.0399. The molecule has 3 heterocycles. The van der Waals surface area contributed by atoms with Gasteiger partial charge in [0.2, 0.25) is 0 Å². The normalized spacial score (nSPS) is 17.0. The highest BCUT2D eigenvalue weighted by molar-refractivity contribution is 4.93. The Morgan fingerprint density at radius 1 is 1.36 bits per heavy atom. The molecule has 1 aliphatic rings. The highest BCUT2D eigenvalue weighted by Crippen LogP contribution is 2.18. The second-order valence-corrected chi connectivity index (χ2v) is 5.95. The minimum atomic E-state index is 0.0399. The van der Waals surface area contributed by atoms with Gasteiger partial charge in [0.1, 0.15) is 5.76 Å². The fourth-order valence-electron chi connectivity index (χ4n) is 2.98. The van der Waals surface area contributed by atoms with Gasteiger partial charge in [-0.1, -0.05) is 0 Å². The molecule has 2 aromatic rings. The lowest BCUT2D eigenvalue weighted by Crippen LogP contribution is -2.37. The van der Waals surface area contributed by atoms with E-state index in [-0.39, 0.29) is 5.56 Å². The minimum Gasteiger partial charge on any atom is -0.446 e. The Labute approximate surface area is 129 Å². The van der Waals surface area contributed by atoms with Gasteiger partial charge in [0.05, 0.1) is 12.5 Å². The molecule has 0 amide bonds. The molecule has 0 spiro atoms. The largest absolute Gasteiger partial charge is 0.446 e. The van der Waals surface area contributed by atoms with Crippen LogP contribution in [0.2, 0.25) is 0 Å². The maximum absolute atomic E-state index is 11.7. The van der Waals surface area contributed by atoms with Crippen LogP contribution in [0.3, 0.4) is 0 Å². The maximum atomic E-state index is 11.7. The van der Waals surface area contributed by atoms with Crippen molar-refractivity contribution in [3.8, 4) is 0 Å². The van der Waals surface area contributed by atoms with Crippen LogP contribution in [-0.4, -0.2) is 39.1 Å². The first-order chi connectivity index (χ1) is 10.7. The van der Waals surface area contributed by atoms with Gasteiger partial charge in [0.25, 0.3) is 5.56 Å². The Morgan fingerprint density at radius 2 is 2.18 bits per heavy atom. The van der Waals surface area contributed by atoms with Crippen LogP contribution in [0.15, 0.2) is 34.0 Å². The monoisotopic (exact) mass is 302 g/mol. The number of nitrogens with zero attached hydrogens (tertiary/aromatic N) is 4. The molecule has 6 heteroatoms. The van der Waals surface area contributed by atoms with Crippen LogP contribution >= 0.6 is 0 Å². The topological polar surface area (TPSA) is 64.2 Å². The summed E-state index contributed by atoms with van der Waals surface area (Å²) in [6, 6.07) is 1.52. The molecule has 1 aliphatic heterocycles. The number of hydrogen-bond donors (Lipinski definition) is 0. The van der Waals surface area contributed by atoms with Crippen LogP contribution in [0.25, 0.3) is 0 Å². The summed E-state index contributed by atoms with van der Waals surface area (Å²) >= 11 is 0. The molecule has 0 bridgehead atoms. The quantitative estimate of drug-likeness (QED) is 0.837. The van der Waals surface area contributed by atoms with Crippen LogP contribution in [0, 0.1) is 12.8 Å². The van der Waals surface area contributed by atoms with Crippen molar-refractivity contribution in [1.82, 2.24) is 19.4 Å². The van der Waals surface area contributed by atoms with Crippen molar-refractivity contribution in [2.45, 2.75) is 32.7 Å².